The standard InChI is InChI=1S/C14H17F2N3/c1-10-11(9-18-19-10)5-3-7-17-8-12-4-2-6-13(15)14(12)16/h2,4,6,9,17H,3,5,7-8H2,1H3,(H,18,19). The Kier molecular flexibility index (Phi) is 4.63. The Bertz CT molecular complexity index is 537. The van der Waals surface area contributed by atoms with Crippen molar-refractivity contribution in [2.75, 3.05) is 6.54 Å². The Morgan fingerprint density at radius 1 is 1.26 bits per heavy atom. The summed E-state index contributed by atoms with van der Waals surface area (Å²) < 4.78 is 26.3. The molecule has 0 amide bonds. The fourth-order valence-corrected chi connectivity index (χ4v) is 1.94. The summed E-state index contributed by atoms with van der Waals surface area (Å²) in [5, 5.41) is 9.95. The summed E-state index contributed by atoms with van der Waals surface area (Å²) in [6.07, 6.45) is 3.67. The largest absolute Gasteiger partial charge is 0.313 e. The predicted molar refractivity (Wildman–Crippen MR) is 69.7 cm³/mol. The lowest BCUT2D eigenvalue weighted by atomic mass is 10.1. The van der Waals surface area contributed by atoms with Crippen molar-refractivity contribution in [1.29, 1.82) is 0 Å². The van der Waals surface area contributed by atoms with Crippen LogP contribution in [0.25, 0.3) is 0 Å². The van der Waals surface area contributed by atoms with E-state index >= 15 is 0 Å². The first-order chi connectivity index (χ1) is 9.18. The summed E-state index contributed by atoms with van der Waals surface area (Å²) in [6.45, 7) is 3.08. The minimum Gasteiger partial charge on any atom is -0.313 e. The number of rotatable bonds is 6. The van der Waals surface area contributed by atoms with Gasteiger partial charge in [0, 0.05) is 17.8 Å². The van der Waals surface area contributed by atoms with Crippen molar-refractivity contribution in [3.63, 3.8) is 0 Å². The van der Waals surface area contributed by atoms with Gasteiger partial charge in [-0.3, -0.25) is 5.10 Å². The highest BCUT2D eigenvalue weighted by Gasteiger charge is 2.06. The number of aryl methyl sites for hydroxylation is 2. The third kappa shape index (κ3) is 3.61. The quantitative estimate of drug-likeness (QED) is 0.788. The molecule has 3 nitrogen and oxygen atoms in total. The molecule has 0 aliphatic rings. The van der Waals surface area contributed by atoms with Gasteiger partial charge in [-0.2, -0.15) is 5.10 Å². The van der Waals surface area contributed by atoms with Crippen LogP contribution in [0.2, 0.25) is 0 Å². The van der Waals surface area contributed by atoms with E-state index in [1.165, 1.54) is 11.6 Å². The lowest BCUT2D eigenvalue weighted by molar-refractivity contribution is 0.492. The minimum atomic E-state index is -0.798. The predicted octanol–water partition coefficient (Wildman–Crippen LogP) is 2.72. The van der Waals surface area contributed by atoms with Gasteiger partial charge in [0.2, 0.25) is 0 Å². The van der Waals surface area contributed by atoms with Crippen LogP contribution in [0.15, 0.2) is 24.4 Å². The third-order valence-electron chi connectivity index (χ3n) is 3.08. The molecule has 5 heteroatoms. The Balaban J connectivity index is 1.72. The third-order valence-corrected chi connectivity index (χ3v) is 3.08. The van der Waals surface area contributed by atoms with E-state index in [9.17, 15) is 8.78 Å². The molecule has 2 N–H and O–H groups in total. The number of nitrogens with one attached hydrogen (secondary N) is 2. The molecule has 0 bridgehead atoms. The molecule has 0 saturated heterocycles. The van der Waals surface area contributed by atoms with Gasteiger partial charge in [-0.25, -0.2) is 8.78 Å². The Morgan fingerprint density at radius 3 is 2.84 bits per heavy atom. The van der Waals surface area contributed by atoms with Gasteiger partial charge < -0.3 is 5.32 Å². The molecule has 0 spiro atoms. The Morgan fingerprint density at radius 2 is 2.11 bits per heavy atom. The van der Waals surface area contributed by atoms with Crippen molar-refractivity contribution >= 4 is 0 Å². The molecule has 0 radical (unpaired) electrons. The van der Waals surface area contributed by atoms with E-state index in [4.69, 9.17) is 0 Å². The summed E-state index contributed by atoms with van der Waals surface area (Å²) in [5.74, 6) is -1.56. The van der Waals surface area contributed by atoms with Crippen LogP contribution in [-0.2, 0) is 13.0 Å². The van der Waals surface area contributed by atoms with Gasteiger partial charge >= 0.3 is 0 Å². The summed E-state index contributed by atoms with van der Waals surface area (Å²) in [5.41, 5.74) is 2.63. The highest BCUT2D eigenvalue weighted by Crippen LogP contribution is 2.11. The summed E-state index contributed by atoms with van der Waals surface area (Å²) >= 11 is 0. The van der Waals surface area contributed by atoms with Crippen LogP contribution in [0.3, 0.4) is 0 Å². The van der Waals surface area contributed by atoms with Crippen molar-refractivity contribution in [2.45, 2.75) is 26.3 Å². The van der Waals surface area contributed by atoms with Gasteiger partial charge in [-0.1, -0.05) is 12.1 Å². The first-order valence-corrected chi connectivity index (χ1v) is 6.31. The number of hydrogen-bond donors (Lipinski definition) is 2. The number of halogens is 2. The molecule has 0 aliphatic heterocycles. The number of hydrogen-bond acceptors (Lipinski definition) is 2. The molecule has 1 aromatic carbocycles. The lowest BCUT2D eigenvalue weighted by Crippen LogP contribution is -2.16. The van der Waals surface area contributed by atoms with Gasteiger partial charge in [0.1, 0.15) is 0 Å². The summed E-state index contributed by atoms with van der Waals surface area (Å²) in [7, 11) is 0. The maximum atomic E-state index is 13.4. The minimum absolute atomic E-state index is 0.341. The second-order valence-electron chi connectivity index (χ2n) is 4.51. The summed E-state index contributed by atoms with van der Waals surface area (Å²) in [4.78, 5) is 0. The molecule has 102 valence electrons. The van der Waals surface area contributed by atoms with Gasteiger partial charge in [-0.15, -0.1) is 0 Å². The van der Waals surface area contributed by atoms with Gasteiger partial charge in [-0.05, 0) is 37.9 Å². The van der Waals surface area contributed by atoms with Crippen LogP contribution >= 0.6 is 0 Å². The average molecular weight is 265 g/mol. The van der Waals surface area contributed by atoms with Crippen LogP contribution in [-0.4, -0.2) is 16.7 Å². The number of benzene rings is 1. The molecule has 1 aromatic heterocycles. The molecule has 1 heterocycles. The maximum Gasteiger partial charge on any atom is 0.163 e. The van der Waals surface area contributed by atoms with Crippen molar-refractivity contribution in [1.82, 2.24) is 15.5 Å². The number of aromatic amines is 1. The molecule has 2 rings (SSSR count). The Labute approximate surface area is 111 Å². The number of nitrogens with zero attached hydrogens (tertiary/aromatic N) is 1. The fourth-order valence-electron chi connectivity index (χ4n) is 1.94. The van der Waals surface area contributed by atoms with E-state index in [0.717, 1.165) is 31.1 Å². The number of aromatic nitrogens is 2. The zero-order valence-electron chi connectivity index (χ0n) is 10.8. The van der Waals surface area contributed by atoms with Crippen LogP contribution < -0.4 is 5.32 Å². The molecular weight excluding hydrogens is 248 g/mol. The molecule has 0 unspecified atom stereocenters. The van der Waals surface area contributed by atoms with Gasteiger partial charge in [0.05, 0.1) is 6.20 Å². The SMILES string of the molecule is Cc1[nH]ncc1CCCNCc1cccc(F)c1F. The van der Waals surface area contributed by atoms with Crippen molar-refractivity contribution in [3.8, 4) is 0 Å². The van der Waals surface area contributed by atoms with E-state index in [-0.39, 0.29) is 0 Å². The zero-order valence-corrected chi connectivity index (χ0v) is 10.8. The van der Waals surface area contributed by atoms with E-state index in [2.05, 4.69) is 15.5 Å². The molecule has 0 aliphatic carbocycles. The van der Waals surface area contributed by atoms with Crippen molar-refractivity contribution < 1.29 is 8.78 Å². The molecule has 19 heavy (non-hydrogen) atoms. The fraction of sp³-hybridized carbons (Fsp3) is 0.357. The molecule has 0 fully saturated rings. The van der Waals surface area contributed by atoms with Crippen LogP contribution in [0.4, 0.5) is 8.78 Å². The highest BCUT2D eigenvalue weighted by molar-refractivity contribution is 5.18. The van der Waals surface area contributed by atoms with Gasteiger partial charge in [0.15, 0.2) is 11.6 Å². The maximum absolute atomic E-state index is 13.4. The zero-order chi connectivity index (χ0) is 13.7. The van der Waals surface area contributed by atoms with E-state index < -0.39 is 11.6 Å². The first kappa shape index (κ1) is 13.7. The van der Waals surface area contributed by atoms with Gasteiger partial charge in [0.25, 0.3) is 0 Å². The topological polar surface area (TPSA) is 40.7 Å². The normalized spacial score (nSPS) is 10.9. The van der Waals surface area contributed by atoms with E-state index in [1.807, 2.05) is 13.1 Å². The average Bonchev–Trinajstić information content (AvgIpc) is 2.80. The van der Waals surface area contributed by atoms with E-state index in [1.54, 1.807) is 6.07 Å². The lowest BCUT2D eigenvalue weighted by Gasteiger charge is -2.06. The summed E-state index contributed by atoms with van der Waals surface area (Å²) in [6, 6.07) is 4.23. The molecule has 0 saturated carbocycles. The highest BCUT2D eigenvalue weighted by atomic mass is 19.2. The van der Waals surface area contributed by atoms with Crippen molar-refractivity contribution in [2.24, 2.45) is 0 Å². The monoisotopic (exact) mass is 265 g/mol. The Hall–Kier alpha value is -1.75. The second kappa shape index (κ2) is 6.43. The molecule has 0 atom stereocenters. The molecular formula is C14H17F2N3. The molecule has 2 aromatic rings. The van der Waals surface area contributed by atoms with E-state index in [0.29, 0.717) is 12.1 Å². The second-order valence-corrected chi connectivity index (χ2v) is 4.51. The van der Waals surface area contributed by atoms with Crippen molar-refractivity contribution in [3.05, 3.63) is 52.9 Å². The smallest absolute Gasteiger partial charge is 0.163 e. The van der Waals surface area contributed by atoms with Crippen LogP contribution in [0.1, 0.15) is 23.2 Å². The first-order valence-electron chi connectivity index (χ1n) is 6.31. The van der Waals surface area contributed by atoms with Crippen LogP contribution in [0.5, 0.6) is 0 Å². The number of H-pyrrole nitrogens is 1. The van der Waals surface area contributed by atoms with Crippen LogP contribution in [0, 0.1) is 18.6 Å².